The predicted octanol–water partition coefficient (Wildman–Crippen LogP) is 15.8. The van der Waals surface area contributed by atoms with E-state index in [2.05, 4.69) is 117 Å². The van der Waals surface area contributed by atoms with Crippen LogP contribution in [0.25, 0.3) is 112 Å². The first kappa shape index (κ1) is 83.7. The van der Waals surface area contributed by atoms with Gasteiger partial charge in [-0.1, -0.05) is 29.8 Å². The molecule has 16 heterocycles. The van der Waals surface area contributed by atoms with Crippen LogP contribution in [0.1, 0.15) is 34.4 Å². The van der Waals surface area contributed by atoms with Gasteiger partial charge in [-0.25, -0.2) is 28.1 Å². The number of aromatic nitrogens is 25. The van der Waals surface area contributed by atoms with Gasteiger partial charge in [0.05, 0.1) is 151 Å². The molecule has 0 saturated heterocycles. The normalized spacial score (nSPS) is 11.5. The highest BCUT2D eigenvalue weighted by Crippen LogP contribution is 2.38. The molecule has 0 aliphatic carbocycles. The molecule has 642 valence electrons. The molecule has 0 aliphatic rings. The van der Waals surface area contributed by atoms with E-state index in [0.717, 1.165) is 69.6 Å². The van der Waals surface area contributed by atoms with E-state index in [-0.39, 0.29) is 37.5 Å². The van der Waals surface area contributed by atoms with E-state index in [1.54, 1.807) is 160 Å². The van der Waals surface area contributed by atoms with E-state index in [1.807, 2.05) is 49.6 Å². The minimum atomic E-state index is -4.53. The van der Waals surface area contributed by atoms with E-state index in [0.29, 0.717) is 130 Å². The zero-order valence-corrected chi connectivity index (χ0v) is 67.9. The average Bonchev–Trinajstić information content (AvgIpc) is 1.68. The number of alkyl halides is 6. The third kappa shape index (κ3) is 18.0. The third-order valence-corrected chi connectivity index (χ3v) is 19.9. The van der Waals surface area contributed by atoms with E-state index >= 15 is 0 Å². The number of nitrogens with one attached hydrogen (secondary N) is 3. The minimum Gasteiger partial charge on any atom is -0.497 e. The Labute approximate surface area is 719 Å². The summed E-state index contributed by atoms with van der Waals surface area (Å²) < 4.78 is 154. The molecule has 0 fully saturated rings. The van der Waals surface area contributed by atoms with Gasteiger partial charge in [0.2, 0.25) is 0 Å². The number of ether oxygens (including phenoxy) is 5. The van der Waals surface area contributed by atoms with Crippen LogP contribution in [0.15, 0.2) is 220 Å². The summed E-state index contributed by atoms with van der Waals surface area (Å²) in [5.74, 6) is 1.16. The van der Waals surface area contributed by atoms with Gasteiger partial charge in [0.15, 0.2) is 63.3 Å². The minimum absolute atomic E-state index is 0.0918. The molecule has 16 aromatic heterocycles. The van der Waals surface area contributed by atoms with Gasteiger partial charge in [0.1, 0.15) is 51.9 Å². The molecule has 0 bridgehead atoms. The summed E-state index contributed by atoms with van der Waals surface area (Å²) in [4.78, 5) is 30.5. The van der Waals surface area contributed by atoms with Crippen molar-refractivity contribution in [2.45, 2.75) is 38.6 Å². The maximum Gasteiger partial charge on any atom is 0.417 e. The van der Waals surface area contributed by atoms with Crippen molar-refractivity contribution >= 4 is 95.3 Å². The number of halogens is 10. The standard InChI is InChI=1S/C22H15ClF3N7O.C22H16F3N7O.C21H14F3N7O.C20H17N7O2/c1-34-13-9-18-21(29-10-13)17(6-7-27-18)28-11-20-31-30-19-5-4-16(32-33(19)20)12-2-3-14(15(23)8-12)22(24,25)26;1-33-15-10-18-21(28-11-15)17(7-8-26-18)27-12-20-30-29-19-6-5-16(31-32(19)20)13-3-2-4-14(9-13)22(23,24)25;1-32-12-8-17-21(27-9-12)16(4-5-25-17)26-10-19-29-28-18-3-2-15(30-31(18)19)11-6-13(22)20(24)14(23)7-11;1-26-11-13(10-22-26)16-5-6-19-23-24-20(27(19)25-16)12-29-18-7-8-21-17-9-14(28-2)3-4-15(17)18/h2-10H,11H2,1H3,(H,27,28);2-11H,12H2,1H3,(H,26,27);2-9H,10H2,1H3,(H,25,26);3-11H,12H2,1-2H3. The first-order valence-corrected chi connectivity index (χ1v) is 38.6. The fourth-order valence-corrected chi connectivity index (χ4v) is 13.5. The van der Waals surface area contributed by atoms with Gasteiger partial charge in [-0.05, 0) is 121 Å². The molecule has 0 radical (unpaired) electrons. The summed E-state index contributed by atoms with van der Waals surface area (Å²) in [6.45, 7) is 0.970. The highest BCUT2D eigenvalue weighted by molar-refractivity contribution is 6.31. The maximum absolute atomic E-state index is 13.6. The van der Waals surface area contributed by atoms with Gasteiger partial charge in [0, 0.05) is 89.9 Å². The van der Waals surface area contributed by atoms with Gasteiger partial charge in [-0.3, -0.25) is 24.6 Å². The van der Waals surface area contributed by atoms with Crippen LogP contribution in [0.4, 0.5) is 56.6 Å². The second kappa shape index (κ2) is 35.7. The van der Waals surface area contributed by atoms with Crippen LogP contribution in [-0.4, -0.2) is 152 Å². The van der Waals surface area contributed by atoms with E-state index in [4.69, 9.17) is 35.3 Å². The Kier molecular flexibility index (Phi) is 23.4. The van der Waals surface area contributed by atoms with Crippen molar-refractivity contribution in [2.24, 2.45) is 7.05 Å². The molecule has 33 nitrogen and oxygen atoms in total. The lowest BCUT2D eigenvalue weighted by molar-refractivity contribution is -0.138. The van der Waals surface area contributed by atoms with Crippen LogP contribution in [0, 0.1) is 17.5 Å². The SMILES string of the molecule is COc1ccc2c(OCc3nnc4ccc(-c5cnn(C)c5)nn34)ccnc2c1.COc1cnc2c(NCc3nnc4ccc(-c5cc(F)c(F)c(F)c5)nn34)ccnc2c1.COc1cnc2c(NCc3nnc4ccc(-c5ccc(C(F)(F)F)c(Cl)c5)nn34)ccnc2c1.COc1cnc2c(NCc3nnc4ccc(-c5cccc(C(F)(F)F)c5)nn34)ccnc2c1. The number of nitrogens with zero attached hydrogens (tertiary/aromatic N) is 25. The Morgan fingerprint density at radius 1 is 0.383 bits per heavy atom. The number of hydrogen-bond acceptors (Lipinski definition) is 28. The van der Waals surface area contributed by atoms with Crippen molar-refractivity contribution in [1.82, 2.24) is 124 Å². The van der Waals surface area contributed by atoms with Crippen LogP contribution in [-0.2, 0) is 45.6 Å². The zero-order valence-electron chi connectivity index (χ0n) is 67.1. The summed E-state index contributed by atoms with van der Waals surface area (Å²) in [7, 11) is 8.17. The largest absolute Gasteiger partial charge is 0.497 e. The summed E-state index contributed by atoms with van der Waals surface area (Å²) in [5.41, 5.74) is 10.9. The number of pyridine rings is 7. The summed E-state index contributed by atoms with van der Waals surface area (Å²) in [6, 6.07) is 42.0. The molecule has 0 amide bonds. The van der Waals surface area contributed by atoms with E-state index < -0.39 is 46.0 Å². The van der Waals surface area contributed by atoms with Crippen LogP contribution >= 0.6 is 11.6 Å². The van der Waals surface area contributed by atoms with E-state index in [1.165, 1.54) is 37.8 Å². The molecule has 0 atom stereocenters. The second-order valence-electron chi connectivity index (χ2n) is 27.7. The van der Waals surface area contributed by atoms with Gasteiger partial charge in [-0.15, -0.1) is 40.8 Å². The number of benzene rings is 4. The molecule has 0 saturated carbocycles. The molecule has 43 heteroatoms. The van der Waals surface area contributed by atoms with Gasteiger partial charge in [-0.2, -0.15) is 69.9 Å². The van der Waals surface area contributed by atoms with Crippen molar-refractivity contribution in [3.63, 3.8) is 0 Å². The summed E-state index contributed by atoms with van der Waals surface area (Å²) in [6.07, 6.45) is 6.16. The van der Waals surface area contributed by atoms with Gasteiger partial charge in [0.25, 0.3) is 0 Å². The van der Waals surface area contributed by atoms with Crippen molar-refractivity contribution in [1.29, 1.82) is 0 Å². The third-order valence-electron chi connectivity index (χ3n) is 19.6. The number of anilines is 3. The van der Waals surface area contributed by atoms with Gasteiger partial charge < -0.3 is 39.6 Å². The lowest BCUT2D eigenvalue weighted by atomic mass is 10.1. The first-order chi connectivity index (χ1) is 62.0. The highest BCUT2D eigenvalue weighted by Gasteiger charge is 2.34. The topological polar surface area (TPSA) is 363 Å². The molecule has 0 aliphatic heterocycles. The molecule has 20 aromatic rings. The molecule has 20 rings (SSSR count). The summed E-state index contributed by atoms with van der Waals surface area (Å²) in [5, 5.41) is 65.5. The lowest BCUT2D eigenvalue weighted by Gasteiger charge is -2.11. The van der Waals surface area contributed by atoms with Crippen LogP contribution in [0.2, 0.25) is 5.02 Å². The molecular formula is C85H62ClF9N28O5. The van der Waals surface area contributed by atoms with Crippen molar-refractivity contribution in [3.8, 4) is 73.8 Å². The second-order valence-corrected chi connectivity index (χ2v) is 28.1. The van der Waals surface area contributed by atoms with Gasteiger partial charge >= 0.3 is 12.4 Å². The average molecular weight is 1760 g/mol. The Balaban J connectivity index is 0.000000120. The lowest BCUT2D eigenvalue weighted by Crippen LogP contribution is -2.08. The Morgan fingerprint density at radius 3 is 1.24 bits per heavy atom. The maximum atomic E-state index is 13.6. The fourth-order valence-electron chi connectivity index (χ4n) is 13.2. The highest BCUT2D eigenvalue weighted by atomic mass is 35.5. The van der Waals surface area contributed by atoms with Crippen LogP contribution in [0.3, 0.4) is 0 Å². The first-order valence-electron chi connectivity index (χ1n) is 38.2. The smallest absolute Gasteiger partial charge is 0.417 e. The number of fused-ring (bicyclic) bond motifs is 8. The predicted molar refractivity (Wildman–Crippen MR) is 449 cm³/mol. The van der Waals surface area contributed by atoms with Crippen LogP contribution < -0.4 is 39.6 Å². The van der Waals surface area contributed by atoms with Crippen molar-refractivity contribution in [2.75, 3.05) is 44.4 Å². The quantitative estimate of drug-likeness (QED) is 0.0471. The van der Waals surface area contributed by atoms with Crippen molar-refractivity contribution < 1.29 is 63.2 Å². The monoisotopic (exact) mass is 1760 g/mol. The van der Waals surface area contributed by atoms with Crippen molar-refractivity contribution in [3.05, 3.63) is 276 Å². The van der Waals surface area contributed by atoms with Crippen LogP contribution in [0.5, 0.6) is 28.7 Å². The summed E-state index contributed by atoms with van der Waals surface area (Å²) >= 11 is 5.87. The Hall–Kier alpha value is -16.6. The Morgan fingerprint density at radius 2 is 0.805 bits per heavy atom. The number of rotatable bonds is 20. The number of methoxy groups -OCH3 is 4. The Bertz CT molecular complexity index is 7520. The molecule has 0 spiro atoms. The number of aryl methyl sites for hydroxylation is 1. The molecule has 4 aromatic carbocycles. The number of hydrogen-bond donors (Lipinski definition) is 3. The molecule has 3 N–H and O–H groups in total. The zero-order chi connectivity index (χ0) is 88.9. The molecule has 0 unspecified atom stereocenters. The van der Waals surface area contributed by atoms with E-state index in [9.17, 15) is 39.5 Å². The molecule has 128 heavy (non-hydrogen) atoms. The molecular weight excluding hydrogens is 1700 g/mol. The fraction of sp³-hybridized carbons (Fsp3) is 0.129.